The van der Waals surface area contributed by atoms with E-state index in [0.29, 0.717) is 22.5 Å². The molecule has 1 aromatic heterocycles. The van der Waals surface area contributed by atoms with Crippen molar-refractivity contribution in [2.24, 2.45) is 0 Å². The summed E-state index contributed by atoms with van der Waals surface area (Å²) in [5.41, 5.74) is 3.13. The van der Waals surface area contributed by atoms with Crippen molar-refractivity contribution >= 4 is 34.3 Å². The van der Waals surface area contributed by atoms with Crippen LogP contribution in [0, 0.1) is 6.92 Å². The van der Waals surface area contributed by atoms with Gasteiger partial charge in [0.1, 0.15) is 0 Å². The number of nitrogens with zero attached hydrogens (tertiary/aromatic N) is 1. The Bertz CT molecular complexity index is 1020. The van der Waals surface area contributed by atoms with Crippen molar-refractivity contribution in [3.05, 3.63) is 76.4 Å². The maximum Gasteiger partial charge on any atom is 0.251 e. The summed E-state index contributed by atoms with van der Waals surface area (Å²) in [6, 6.07) is 16.8. The number of amides is 2. The van der Waals surface area contributed by atoms with Gasteiger partial charge in [-0.1, -0.05) is 48.0 Å². The number of aromatic nitrogens is 1. The Hall–Kier alpha value is -2.92. The molecule has 2 amide bonds. The van der Waals surface area contributed by atoms with E-state index in [2.05, 4.69) is 15.6 Å². The first-order chi connectivity index (χ1) is 14.0. The van der Waals surface area contributed by atoms with Gasteiger partial charge in [0, 0.05) is 36.2 Å². The lowest BCUT2D eigenvalue weighted by molar-refractivity contribution is -0.121. The van der Waals surface area contributed by atoms with Gasteiger partial charge in [-0.3, -0.25) is 14.6 Å². The zero-order valence-corrected chi connectivity index (χ0v) is 17.3. The third-order valence-corrected chi connectivity index (χ3v) is 5.13. The molecule has 0 saturated heterocycles. The van der Waals surface area contributed by atoms with Crippen molar-refractivity contribution in [2.75, 3.05) is 7.05 Å². The van der Waals surface area contributed by atoms with Crippen LogP contribution in [0.1, 0.15) is 34.5 Å². The molecule has 0 radical (unpaired) electrons. The van der Waals surface area contributed by atoms with E-state index in [-0.39, 0.29) is 24.3 Å². The van der Waals surface area contributed by atoms with E-state index in [4.69, 9.17) is 11.6 Å². The molecule has 150 valence electrons. The number of fused-ring (bicyclic) bond motifs is 1. The minimum atomic E-state index is -0.271. The van der Waals surface area contributed by atoms with Gasteiger partial charge in [0.25, 0.3) is 5.91 Å². The SMILES string of the molecule is CNC(=O)C[C@@H](CCc1ccccc1)NC(=O)c1ccc2c(Cl)cc(C)nc2c1. The number of hydrogen-bond donors (Lipinski definition) is 2. The Labute approximate surface area is 175 Å². The summed E-state index contributed by atoms with van der Waals surface area (Å²) in [7, 11) is 1.60. The number of halogens is 1. The number of pyridine rings is 1. The molecule has 0 spiro atoms. The van der Waals surface area contributed by atoms with Gasteiger partial charge in [-0.15, -0.1) is 0 Å². The second kappa shape index (κ2) is 9.52. The number of aryl methyl sites for hydroxylation is 2. The van der Waals surface area contributed by atoms with Gasteiger partial charge < -0.3 is 10.6 Å². The van der Waals surface area contributed by atoms with Crippen LogP contribution in [0.2, 0.25) is 5.02 Å². The minimum absolute atomic E-state index is 0.106. The first-order valence-electron chi connectivity index (χ1n) is 9.58. The molecule has 3 aromatic rings. The van der Waals surface area contributed by atoms with Crippen LogP contribution in [0.4, 0.5) is 0 Å². The standard InChI is InChI=1S/C23H24ClN3O2/c1-15-12-20(24)19-11-9-17(13-21(19)26-15)23(29)27-18(14-22(28)25-2)10-8-16-6-4-3-5-7-16/h3-7,9,11-13,18H,8,10,14H2,1-2H3,(H,25,28)(H,27,29)/t18-/m1/s1. The Morgan fingerprint density at radius 2 is 1.86 bits per heavy atom. The number of benzene rings is 2. The molecule has 0 unspecified atom stereocenters. The summed E-state index contributed by atoms with van der Waals surface area (Å²) >= 11 is 6.27. The number of rotatable bonds is 7. The highest BCUT2D eigenvalue weighted by Crippen LogP contribution is 2.24. The predicted molar refractivity (Wildman–Crippen MR) is 116 cm³/mol. The van der Waals surface area contributed by atoms with Gasteiger partial charge in [0.2, 0.25) is 5.91 Å². The number of carbonyl (C=O) groups excluding carboxylic acids is 2. The maximum atomic E-state index is 12.8. The van der Waals surface area contributed by atoms with Gasteiger partial charge in [-0.2, -0.15) is 0 Å². The molecule has 5 nitrogen and oxygen atoms in total. The summed E-state index contributed by atoms with van der Waals surface area (Å²) in [5.74, 6) is -0.334. The molecule has 0 saturated carbocycles. The maximum absolute atomic E-state index is 12.8. The van der Waals surface area contributed by atoms with Gasteiger partial charge in [0.05, 0.1) is 10.5 Å². The first kappa shape index (κ1) is 20.8. The van der Waals surface area contributed by atoms with Crippen molar-refractivity contribution in [3.63, 3.8) is 0 Å². The number of hydrogen-bond acceptors (Lipinski definition) is 3. The summed E-state index contributed by atoms with van der Waals surface area (Å²) in [6.07, 6.45) is 1.67. The van der Waals surface area contributed by atoms with Gasteiger partial charge in [0.15, 0.2) is 0 Å². The van der Waals surface area contributed by atoms with E-state index in [1.54, 1.807) is 31.3 Å². The highest BCUT2D eigenvalue weighted by Gasteiger charge is 2.18. The van der Waals surface area contributed by atoms with Crippen molar-refractivity contribution in [2.45, 2.75) is 32.2 Å². The molecule has 0 aliphatic heterocycles. The molecule has 0 fully saturated rings. The normalized spacial score (nSPS) is 11.8. The van der Waals surface area contributed by atoms with Crippen LogP contribution < -0.4 is 10.6 Å². The van der Waals surface area contributed by atoms with Crippen LogP contribution >= 0.6 is 11.6 Å². The minimum Gasteiger partial charge on any atom is -0.359 e. The topological polar surface area (TPSA) is 71.1 Å². The average molecular weight is 410 g/mol. The summed E-state index contributed by atoms with van der Waals surface area (Å²) in [5, 5.41) is 7.05. The molecule has 6 heteroatoms. The molecule has 3 rings (SSSR count). The zero-order chi connectivity index (χ0) is 20.8. The molecular weight excluding hydrogens is 386 g/mol. The van der Waals surface area contributed by atoms with Crippen LogP contribution in [-0.2, 0) is 11.2 Å². The summed E-state index contributed by atoms with van der Waals surface area (Å²) in [6.45, 7) is 1.86. The fraction of sp³-hybridized carbons (Fsp3) is 0.261. The molecule has 1 heterocycles. The fourth-order valence-electron chi connectivity index (χ4n) is 3.26. The highest BCUT2D eigenvalue weighted by atomic mass is 35.5. The van der Waals surface area contributed by atoms with Gasteiger partial charge in [-0.25, -0.2) is 0 Å². The Morgan fingerprint density at radius 3 is 2.59 bits per heavy atom. The lowest BCUT2D eigenvalue weighted by Crippen LogP contribution is -2.39. The van der Waals surface area contributed by atoms with Crippen LogP contribution in [0.5, 0.6) is 0 Å². The predicted octanol–water partition coefficient (Wildman–Crippen LogP) is 4.06. The van der Waals surface area contributed by atoms with Crippen LogP contribution in [0.3, 0.4) is 0 Å². The lowest BCUT2D eigenvalue weighted by atomic mass is 10.0. The summed E-state index contributed by atoms with van der Waals surface area (Å²) in [4.78, 5) is 29.2. The lowest BCUT2D eigenvalue weighted by Gasteiger charge is -2.18. The molecule has 0 aliphatic carbocycles. The Balaban J connectivity index is 1.76. The van der Waals surface area contributed by atoms with Crippen molar-refractivity contribution in [1.29, 1.82) is 0 Å². The Kier molecular flexibility index (Phi) is 6.83. The monoisotopic (exact) mass is 409 g/mol. The average Bonchev–Trinajstić information content (AvgIpc) is 2.72. The molecule has 29 heavy (non-hydrogen) atoms. The molecule has 2 N–H and O–H groups in total. The summed E-state index contributed by atoms with van der Waals surface area (Å²) < 4.78 is 0. The second-order valence-corrected chi connectivity index (χ2v) is 7.46. The highest BCUT2D eigenvalue weighted by molar-refractivity contribution is 6.35. The third-order valence-electron chi connectivity index (χ3n) is 4.82. The van der Waals surface area contributed by atoms with Crippen LogP contribution in [0.15, 0.2) is 54.6 Å². The largest absolute Gasteiger partial charge is 0.359 e. The van der Waals surface area contributed by atoms with Crippen molar-refractivity contribution < 1.29 is 9.59 Å². The first-order valence-corrected chi connectivity index (χ1v) is 9.96. The van der Waals surface area contributed by atoms with E-state index >= 15 is 0 Å². The van der Waals surface area contributed by atoms with Crippen LogP contribution in [0.25, 0.3) is 10.9 Å². The fourth-order valence-corrected chi connectivity index (χ4v) is 3.57. The zero-order valence-electron chi connectivity index (χ0n) is 16.5. The Morgan fingerprint density at radius 1 is 1.10 bits per heavy atom. The van der Waals surface area contributed by atoms with Gasteiger partial charge >= 0.3 is 0 Å². The molecular formula is C23H24ClN3O2. The van der Waals surface area contributed by atoms with E-state index < -0.39 is 0 Å². The van der Waals surface area contributed by atoms with E-state index in [1.807, 2.05) is 37.3 Å². The molecule has 1 atom stereocenters. The van der Waals surface area contributed by atoms with E-state index in [1.165, 1.54) is 5.56 Å². The molecule has 0 aliphatic rings. The number of carbonyl (C=O) groups is 2. The second-order valence-electron chi connectivity index (χ2n) is 7.05. The van der Waals surface area contributed by atoms with Crippen molar-refractivity contribution in [1.82, 2.24) is 15.6 Å². The smallest absolute Gasteiger partial charge is 0.251 e. The number of nitrogens with one attached hydrogen (secondary N) is 2. The van der Waals surface area contributed by atoms with Crippen LogP contribution in [-0.4, -0.2) is 29.9 Å². The molecule has 0 bridgehead atoms. The van der Waals surface area contributed by atoms with Crippen molar-refractivity contribution in [3.8, 4) is 0 Å². The van der Waals surface area contributed by atoms with E-state index in [9.17, 15) is 9.59 Å². The molecule has 2 aromatic carbocycles. The van der Waals surface area contributed by atoms with E-state index in [0.717, 1.165) is 17.5 Å². The quantitative estimate of drug-likeness (QED) is 0.618. The van der Waals surface area contributed by atoms with Gasteiger partial charge in [-0.05, 0) is 43.5 Å². The third kappa shape index (κ3) is 5.55.